The number of halogens is 1. The van der Waals surface area contributed by atoms with Gasteiger partial charge in [0.15, 0.2) is 0 Å². The van der Waals surface area contributed by atoms with Crippen LogP contribution in [0.1, 0.15) is 38.4 Å². The zero-order chi connectivity index (χ0) is 17.5. The number of aliphatic carboxylic acids is 1. The van der Waals surface area contributed by atoms with E-state index in [2.05, 4.69) is 15.9 Å². The molecule has 2 N–H and O–H groups in total. The number of hydrogen-bond donors (Lipinski definition) is 2. The first-order valence-corrected chi connectivity index (χ1v) is 9.78. The van der Waals surface area contributed by atoms with Crippen LogP contribution in [0.4, 0.5) is 0 Å². The molecular formula is C15H22BrO6P. The molecular weight excluding hydrogens is 387 g/mol. The first kappa shape index (κ1) is 20.3. The van der Waals surface area contributed by atoms with E-state index in [0.717, 1.165) is 4.47 Å². The summed E-state index contributed by atoms with van der Waals surface area (Å²) in [5.41, 5.74) is -0.414. The van der Waals surface area contributed by atoms with Crippen LogP contribution in [0.15, 0.2) is 28.7 Å². The first-order chi connectivity index (χ1) is 10.8. The standard InChI is InChI=1S/C15H22BrO6P/c1-3-21-23(20,22-4-2)13(9-10-14(17)18)15(19)11-5-7-12(16)8-6-11/h5-8,13,15,19H,3-4,9-10H2,1-2H3,(H,17,18)/t13-,15-/m0/s1. The van der Waals surface area contributed by atoms with Crippen molar-refractivity contribution >= 4 is 29.5 Å². The highest BCUT2D eigenvalue weighted by atomic mass is 79.9. The molecule has 0 amide bonds. The topological polar surface area (TPSA) is 93.1 Å². The van der Waals surface area contributed by atoms with Gasteiger partial charge in [-0.2, -0.15) is 0 Å². The fraction of sp³-hybridized carbons (Fsp3) is 0.533. The van der Waals surface area contributed by atoms with Crippen molar-refractivity contribution in [2.24, 2.45) is 0 Å². The Kier molecular flexibility index (Phi) is 8.44. The Hall–Kier alpha value is -0.720. The van der Waals surface area contributed by atoms with Gasteiger partial charge in [0, 0.05) is 10.9 Å². The Morgan fingerprint density at radius 1 is 1.22 bits per heavy atom. The zero-order valence-corrected chi connectivity index (χ0v) is 15.6. The molecule has 0 saturated carbocycles. The molecule has 2 atom stereocenters. The second kappa shape index (κ2) is 9.55. The highest BCUT2D eigenvalue weighted by Gasteiger charge is 2.41. The van der Waals surface area contributed by atoms with Crippen molar-refractivity contribution in [1.29, 1.82) is 0 Å². The van der Waals surface area contributed by atoms with E-state index in [0.29, 0.717) is 5.56 Å². The van der Waals surface area contributed by atoms with Gasteiger partial charge >= 0.3 is 13.6 Å². The zero-order valence-electron chi connectivity index (χ0n) is 13.1. The maximum absolute atomic E-state index is 13.0. The van der Waals surface area contributed by atoms with E-state index in [1.165, 1.54) is 0 Å². The molecule has 130 valence electrons. The van der Waals surface area contributed by atoms with Crippen molar-refractivity contribution in [3.8, 4) is 0 Å². The molecule has 1 rings (SSSR count). The second-order valence-electron chi connectivity index (χ2n) is 4.87. The quantitative estimate of drug-likeness (QED) is 0.568. The van der Waals surface area contributed by atoms with Crippen molar-refractivity contribution < 1.29 is 28.6 Å². The molecule has 1 aromatic carbocycles. The highest BCUT2D eigenvalue weighted by Crippen LogP contribution is 2.58. The van der Waals surface area contributed by atoms with Crippen LogP contribution >= 0.6 is 23.5 Å². The van der Waals surface area contributed by atoms with E-state index < -0.39 is 25.3 Å². The van der Waals surface area contributed by atoms with Crippen LogP contribution in [-0.4, -0.2) is 35.1 Å². The molecule has 0 aliphatic carbocycles. The van der Waals surface area contributed by atoms with Crippen LogP contribution in [0.25, 0.3) is 0 Å². The van der Waals surface area contributed by atoms with E-state index in [1.807, 2.05) is 0 Å². The lowest BCUT2D eigenvalue weighted by Gasteiger charge is -2.29. The van der Waals surface area contributed by atoms with Gasteiger partial charge < -0.3 is 19.3 Å². The summed E-state index contributed by atoms with van der Waals surface area (Å²) in [6.07, 6.45) is -1.39. The van der Waals surface area contributed by atoms with E-state index in [1.54, 1.807) is 38.1 Å². The van der Waals surface area contributed by atoms with Crippen LogP contribution in [-0.2, 0) is 18.4 Å². The van der Waals surface area contributed by atoms with Gasteiger partial charge in [-0.15, -0.1) is 0 Å². The Morgan fingerprint density at radius 3 is 2.17 bits per heavy atom. The van der Waals surface area contributed by atoms with Gasteiger partial charge in [0.05, 0.1) is 25.0 Å². The monoisotopic (exact) mass is 408 g/mol. The number of aliphatic hydroxyl groups excluding tert-OH is 1. The predicted molar refractivity (Wildman–Crippen MR) is 90.6 cm³/mol. The number of carbonyl (C=O) groups is 1. The lowest BCUT2D eigenvalue weighted by Crippen LogP contribution is -2.23. The Balaban J connectivity index is 3.13. The molecule has 8 heteroatoms. The average Bonchev–Trinajstić information content (AvgIpc) is 2.48. The van der Waals surface area contributed by atoms with E-state index in [-0.39, 0.29) is 26.1 Å². The molecule has 0 bridgehead atoms. The minimum atomic E-state index is -3.64. The van der Waals surface area contributed by atoms with Gasteiger partial charge in [0.25, 0.3) is 0 Å². The van der Waals surface area contributed by atoms with Crippen molar-refractivity contribution in [1.82, 2.24) is 0 Å². The summed E-state index contributed by atoms with van der Waals surface area (Å²) >= 11 is 3.31. The maximum Gasteiger partial charge on any atom is 0.336 e. The first-order valence-electron chi connectivity index (χ1n) is 7.38. The number of aliphatic hydroxyl groups is 1. The number of carboxylic acids is 1. The number of carboxylic acid groups (broad SMARTS) is 1. The molecule has 0 aromatic heterocycles. The largest absolute Gasteiger partial charge is 0.481 e. The molecule has 0 unspecified atom stereocenters. The van der Waals surface area contributed by atoms with Gasteiger partial charge in [-0.25, -0.2) is 0 Å². The van der Waals surface area contributed by atoms with E-state index >= 15 is 0 Å². The summed E-state index contributed by atoms with van der Waals surface area (Å²) in [6, 6.07) is 6.87. The normalized spacial score (nSPS) is 14.4. The number of rotatable bonds is 10. The molecule has 0 saturated heterocycles. The predicted octanol–water partition coefficient (Wildman–Crippen LogP) is 3.98. The van der Waals surface area contributed by atoms with Crippen LogP contribution in [0.2, 0.25) is 0 Å². The maximum atomic E-state index is 13.0. The van der Waals surface area contributed by atoms with Gasteiger partial charge in [0.2, 0.25) is 0 Å². The van der Waals surface area contributed by atoms with Crippen molar-refractivity contribution in [2.75, 3.05) is 13.2 Å². The van der Waals surface area contributed by atoms with Crippen LogP contribution < -0.4 is 0 Å². The SMILES string of the molecule is CCOP(=O)(OCC)[C@@H](CCC(=O)O)[C@@H](O)c1ccc(Br)cc1. The third-order valence-corrected chi connectivity index (χ3v) is 6.37. The Labute approximate surface area is 144 Å². The summed E-state index contributed by atoms with van der Waals surface area (Å²) in [7, 11) is -3.64. The van der Waals surface area contributed by atoms with Crippen LogP contribution in [0.3, 0.4) is 0 Å². The molecule has 0 fully saturated rings. The molecule has 1 aromatic rings. The summed E-state index contributed by atoms with van der Waals surface area (Å²) in [6.45, 7) is 3.64. The van der Waals surface area contributed by atoms with Gasteiger partial charge in [-0.1, -0.05) is 28.1 Å². The molecule has 23 heavy (non-hydrogen) atoms. The number of hydrogen-bond acceptors (Lipinski definition) is 5. The van der Waals surface area contributed by atoms with Crippen LogP contribution in [0, 0.1) is 0 Å². The lowest BCUT2D eigenvalue weighted by atomic mass is 10.0. The number of benzene rings is 1. The van der Waals surface area contributed by atoms with E-state index in [4.69, 9.17) is 14.2 Å². The van der Waals surface area contributed by atoms with Crippen molar-refractivity contribution in [2.45, 2.75) is 38.5 Å². The Bertz CT molecular complexity index is 537. The lowest BCUT2D eigenvalue weighted by molar-refractivity contribution is -0.137. The summed E-state index contributed by atoms with van der Waals surface area (Å²) in [4.78, 5) is 10.9. The summed E-state index contributed by atoms with van der Waals surface area (Å²) in [5, 5.41) is 19.5. The fourth-order valence-corrected chi connectivity index (χ4v) is 4.64. The van der Waals surface area contributed by atoms with Gasteiger partial charge in [-0.05, 0) is 38.0 Å². The summed E-state index contributed by atoms with van der Waals surface area (Å²) < 4.78 is 24.4. The molecule has 0 aliphatic heterocycles. The fourth-order valence-electron chi connectivity index (χ4n) is 2.23. The smallest absolute Gasteiger partial charge is 0.336 e. The molecule has 0 radical (unpaired) electrons. The summed E-state index contributed by atoms with van der Waals surface area (Å²) in [5.74, 6) is -1.03. The minimum Gasteiger partial charge on any atom is -0.481 e. The Morgan fingerprint density at radius 2 is 1.74 bits per heavy atom. The average molecular weight is 409 g/mol. The highest BCUT2D eigenvalue weighted by molar-refractivity contribution is 9.10. The molecule has 0 heterocycles. The van der Waals surface area contributed by atoms with Crippen LogP contribution in [0.5, 0.6) is 0 Å². The van der Waals surface area contributed by atoms with Crippen molar-refractivity contribution in [3.05, 3.63) is 34.3 Å². The molecule has 0 aliphatic rings. The molecule has 6 nitrogen and oxygen atoms in total. The van der Waals surface area contributed by atoms with Gasteiger partial charge in [0.1, 0.15) is 0 Å². The van der Waals surface area contributed by atoms with Gasteiger partial charge in [-0.3, -0.25) is 9.36 Å². The third kappa shape index (κ3) is 6.01. The third-order valence-electron chi connectivity index (χ3n) is 3.25. The molecule has 0 spiro atoms. The van der Waals surface area contributed by atoms with Crippen molar-refractivity contribution in [3.63, 3.8) is 0 Å². The van der Waals surface area contributed by atoms with E-state index in [9.17, 15) is 14.5 Å². The second-order valence-corrected chi connectivity index (χ2v) is 8.05. The minimum absolute atomic E-state index is 0.0101.